The lowest BCUT2D eigenvalue weighted by Crippen LogP contribution is -2.33. The predicted octanol–water partition coefficient (Wildman–Crippen LogP) is 2.13. The second kappa shape index (κ2) is 7.61. The Morgan fingerprint density at radius 2 is 2.04 bits per heavy atom. The van der Waals surface area contributed by atoms with E-state index in [0.29, 0.717) is 19.4 Å². The molecule has 1 saturated heterocycles. The van der Waals surface area contributed by atoms with E-state index in [1.807, 2.05) is 29.7 Å². The molecule has 2 aromatic rings. The minimum absolute atomic E-state index is 0.0673. The molecule has 1 aliphatic rings. The van der Waals surface area contributed by atoms with Crippen LogP contribution in [-0.4, -0.2) is 43.8 Å². The molecule has 1 aliphatic heterocycles. The Morgan fingerprint density at radius 3 is 2.71 bits per heavy atom. The van der Waals surface area contributed by atoms with E-state index >= 15 is 0 Å². The summed E-state index contributed by atoms with van der Waals surface area (Å²) in [7, 11) is 0. The number of aromatic nitrogens is 3. The van der Waals surface area contributed by atoms with Gasteiger partial charge in [-0.15, -0.1) is 10.2 Å². The van der Waals surface area contributed by atoms with Crippen LogP contribution in [0, 0.1) is 0 Å². The molecule has 1 aromatic carbocycles. The van der Waals surface area contributed by atoms with Crippen LogP contribution in [0.2, 0.25) is 0 Å². The molecule has 3 rings (SSSR count). The third kappa shape index (κ3) is 3.67. The molecule has 2 heterocycles. The highest BCUT2D eigenvalue weighted by Gasteiger charge is 2.26. The molecule has 126 valence electrons. The van der Waals surface area contributed by atoms with Crippen molar-refractivity contribution in [1.82, 2.24) is 19.7 Å². The van der Waals surface area contributed by atoms with Crippen LogP contribution in [-0.2, 0) is 22.6 Å². The van der Waals surface area contributed by atoms with Crippen LogP contribution in [0.1, 0.15) is 31.2 Å². The average molecular weight is 344 g/mol. The molecule has 0 saturated carbocycles. The number of rotatable bonds is 6. The van der Waals surface area contributed by atoms with Crippen molar-refractivity contribution < 1.29 is 9.59 Å². The van der Waals surface area contributed by atoms with Crippen LogP contribution in [0.3, 0.4) is 0 Å². The highest BCUT2D eigenvalue weighted by molar-refractivity contribution is 7.99. The maximum atomic E-state index is 12.2. The molecule has 1 aromatic heterocycles. The van der Waals surface area contributed by atoms with E-state index < -0.39 is 0 Å². The van der Waals surface area contributed by atoms with Gasteiger partial charge in [0.05, 0.1) is 5.75 Å². The topological polar surface area (TPSA) is 68.1 Å². The number of benzene rings is 1. The fourth-order valence-corrected chi connectivity index (χ4v) is 3.67. The van der Waals surface area contributed by atoms with Crippen LogP contribution < -0.4 is 0 Å². The maximum absolute atomic E-state index is 12.2. The molecule has 0 atom stereocenters. The normalized spacial score (nSPS) is 14.4. The lowest BCUT2D eigenvalue weighted by atomic mass is 10.1. The van der Waals surface area contributed by atoms with Gasteiger partial charge in [-0.2, -0.15) is 0 Å². The van der Waals surface area contributed by atoms with Gasteiger partial charge in [-0.05, 0) is 18.9 Å². The summed E-state index contributed by atoms with van der Waals surface area (Å²) < 4.78 is 2.02. The molecule has 2 amide bonds. The highest BCUT2D eigenvalue weighted by atomic mass is 32.2. The van der Waals surface area contributed by atoms with Gasteiger partial charge >= 0.3 is 0 Å². The summed E-state index contributed by atoms with van der Waals surface area (Å²) in [4.78, 5) is 25.1. The van der Waals surface area contributed by atoms with E-state index in [9.17, 15) is 9.59 Å². The van der Waals surface area contributed by atoms with Gasteiger partial charge in [0.25, 0.3) is 0 Å². The lowest BCUT2D eigenvalue weighted by molar-refractivity contribution is -0.140. The van der Waals surface area contributed by atoms with Crippen LogP contribution in [0.5, 0.6) is 0 Å². The number of imide groups is 1. The first-order valence-corrected chi connectivity index (χ1v) is 9.09. The van der Waals surface area contributed by atoms with E-state index in [1.54, 1.807) is 0 Å². The van der Waals surface area contributed by atoms with E-state index in [4.69, 9.17) is 0 Å². The number of hydrogen-bond donors (Lipinski definition) is 0. The molecule has 0 bridgehead atoms. The third-order valence-corrected chi connectivity index (χ3v) is 4.97. The summed E-state index contributed by atoms with van der Waals surface area (Å²) in [5.41, 5.74) is 1.18. The molecule has 0 spiro atoms. The summed E-state index contributed by atoms with van der Waals surface area (Å²) in [6, 6.07) is 10.1. The Labute approximate surface area is 145 Å². The van der Waals surface area contributed by atoms with Crippen molar-refractivity contribution in [1.29, 1.82) is 0 Å². The van der Waals surface area contributed by atoms with E-state index in [2.05, 4.69) is 22.3 Å². The van der Waals surface area contributed by atoms with Gasteiger partial charge in [0.2, 0.25) is 11.8 Å². The minimum Gasteiger partial charge on any atom is -0.306 e. The Bertz CT molecular complexity index is 729. The van der Waals surface area contributed by atoms with Gasteiger partial charge in [-0.25, -0.2) is 0 Å². The third-order valence-electron chi connectivity index (χ3n) is 4.01. The van der Waals surface area contributed by atoms with Crippen LogP contribution >= 0.6 is 11.8 Å². The molecule has 0 N–H and O–H groups in total. The van der Waals surface area contributed by atoms with Crippen molar-refractivity contribution in [2.45, 2.75) is 37.9 Å². The standard InChI is InChI=1S/C17H20N4O2S/c1-2-20-14(11-13-7-4-3-5-8-13)18-19-17(20)24-12-16(23)21-10-6-9-15(21)22/h3-5,7-8H,2,6,9-12H2,1H3. The summed E-state index contributed by atoms with van der Waals surface area (Å²) >= 11 is 1.35. The van der Waals surface area contributed by atoms with E-state index in [1.165, 1.54) is 22.2 Å². The number of amides is 2. The highest BCUT2D eigenvalue weighted by Crippen LogP contribution is 2.20. The van der Waals surface area contributed by atoms with Crippen LogP contribution in [0.25, 0.3) is 0 Å². The van der Waals surface area contributed by atoms with Crippen LogP contribution in [0.4, 0.5) is 0 Å². The summed E-state index contributed by atoms with van der Waals surface area (Å²) in [6.45, 7) is 3.32. The van der Waals surface area contributed by atoms with Crippen molar-refractivity contribution in [2.75, 3.05) is 12.3 Å². The molecule has 1 fully saturated rings. The van der Waals surface area contributed by atoms with Gasteiger partial charge < -0.3 is 4.57 Å². The SMILES string of the molecule is CCn1c(Cc2ccccc2)nnc1SCC(=O)N1CCCC1=O. The molecule has 6 nitrogen and oxygen atoms in total. The second-order valence-corrected chi connectivity index (χ2v) is 6.58. The zero-order valence-electron chi connectivity index (χ0n) is 13.6. The average Bonchev–Trinajstić information content (AvgIpc) is 3.19. The van der Waals surface area contributed by atoms with Crippen molar-refractivity contribution in [3.8, 4) is 0 Å². The quantitative estimate of drug-likeness (QED) is 0.751. The molecule has 0 unspecified atom stereocenters. The van der Waals surface area contributed by atoms with Gasteiger partial charge in [0.15, 0.2) is 5.16 Å². The molecule has 0 aliphatic carbocycles. The number of carbonyl (C=O) groups is 2. The number of thioether (sulfide) groups is 1. The fourth-order valence-electron chi connectivity index (χ4n) is 2.77. The van der Waals surface area contributed by atoms with Crippen LogP contribution in [0.15, 0.2) is 35.5 Å². The number of likely N-dealkylation sites (tertiary alicyclic amines) is 1. The number of hydrogen-bond acceptors (Lipinski definition) is 5. The Balaban J connectivity index is 1.66. The Hall–Kier alpha value is -2.15. The smallest absolute Gasteiger partial charge is 0.239 e. The van der Waals surface area contributed by atoms with Gasteiger partial charge in [0, 0.05) is 25.9 Å². The maximum Gasteiger partial charge on any atom is 0.239 e. The van der Waals surface area contributed by atoms with E-state index in [-0.39, 0.29) is 17.6 Å². The summed E-state index contributed by atoms with van der Waals surface area (Å²) in [5, 5.41) is 9.22. The first kappa shape index (κ1) is 16.7. The molecule has 24 heavy (non-hydrogen) atoms. The largest absolute Gasteiger partial charge is 0.306 e. The molecule has 7 heteroatoms. The first-order valence-electron chi connectivity index (χ1n) is 8.11. The Kier molecular flexibility index (Phi) is 5.30. The summed E-state index contributed by atoms with van der Waals surface area (Å²) in [6.07, 6.45) is 1.95. The van der Waals surface area contributed by atoms with Crippen molar-refractivity contribution in [3.63, 3.8) is 0 Å². The van der Waals surface area contributed by atoms with Gasteiger partial charge in [0.1, 0.15) is 5.82 Å². The van der Waals surface area contributed by atoms with Gasteiger partial charge in [-0.3, -0.25) is 14.5 Å². The summed E-state index contributed by atoms with van der Waals surface area (Å²) in [5.74, 6) is 0.894. The zero-order chi connectivity index (χ0) is 16.9. The van der Waals surface area contributed by atoms with Crippen molar-refractivity contribution >= 4 is 23.6 Å². The zero-order valence-corrected chi connectivity index (χ0v) is 14.5. The number of carbonyl (C=O) groups excluding carboxylic acids is 2. The predicted molar refractivity (Wildman–Crippen MR) is 91.6 cm³/mol. The molecule has 0 radical (unpaired) electrons. The lowest BCUT2D eigenvalue weighted by Gasteiger charge is -2.13. The second-order valence-electron chi connectivity index (χ2n) is 5.64. The van der Waals surface area contributed by atoms with Crippen molar-refractivity contribution in [3.05, 3.63) is 41.7 Å². The van der Waals surface area contributed by atoms with Crippen molar-refractivity contribution in [2.24, 2.45) is 0 Å². The van der Waals surface area contributed by atoms with Gasteiger partial charge in [-0.1, -0.05) is 42.1 Å². The first-order chi connectivity index (χ1) is 11.7. The number of nitrogens with zero attached hydrogens (tertiary/aromatic N) is 4. The minimum atomic E-state index is -0.141. The molecular formula is C17H20N4O2S. The fraction of sp³-hybridized carbons (Fsp3) is 0.412. The monoisotopic (exact) mass is 344 g/mol. The van der Waals surface area contributed by atoms with E-state index in [0.717, 1.165) is 23.9 Å². The Morgan fingerprint density at radius 1 is 1.25 bits per heavy atom. The molecular weight excluding hydrogens is 324 g/mol.